The van der Waals surface area contributed by atoms with Crippen molar-refractivity contribution in [3.63, 3.8) is 0 Å². The minimum atomic E-state index is -0.167. The fourth-order valence-electron chi connectivity index (χ4n) is 0. The summed E-state index contributed by atoms with van der Waals surface area (Å²) in [5.74, 6) is 0. The van der Waals surface area contributed by atoms with Crippen molar-refractivity contribution in [2.45, 2.75) is 52.6 Å². The maximum atomic E-state index is 7.50. The van der Waals surface area contributed by atoms with E-state index in [0.717, 1.165) is 0 Å². The van der Waals surface area contributed by atoms with Crippen molar-refractivity contribution in [3.05, 3.63) is 42.8 Å². The molecule has 0 atom stereocenters. The van der Waals surface area contributed by atoms with Crippen molar-refractivity contribution >= 4 is 17.0 Å². The first-order valence-electron chi connectivity index (χ1n) is 4.51. The summed E-state index contributed by atoms with van der Waals surface area (Å²) in [7, 11) is 0. The molecule has 0 unspecified atom stereocenters. The van der Waals surface area contributed by atoms with E-state index < -0.39 is 0 Å². The van der Waals surface area contributed by atoms with Gasteiger partial charge in [0.1, 0.15) is 0 Å². The zero-order valence-electron chi connectivity index (χ0n) is 12.4. The number of hydrogen-bond acceptors (Lipinski definition) is 0. The molecule has 0 aromatic heterocycles. The Balaban J connectivity index is -0.0000000229. The van der Waals surface area contributed by atoms with Gasteiger partial charge in [-0.3, -0.25) is 0 Å². The van der Waals surface area contributed by atoms with Crippen LogP contribution in [-0.2, 0) is 31.0 Å². The monoisotopic (exact) mass is 385 g/mol. The van der Waals surface area contributed by atoms with Gasteiger partial charge in [0.2, 0.25) is 11.1 Å². The van der Waals surface area contributed by atoms with Crippen molar-refractivity contribution in [2.24, 2.45) is 0 Å². The van der Waals surface area contributed by atoms with E-state index in [4.69, 9.17) is 27.1 Å². The van der Waals surface area contributed by atoms with E-state index >= 15 is 0 Å². The van der Waals surface area contributed by atoms with Crippen LogP contribution < -0.4 is 0 Å². The molecular formula is C13H19BrMnN2O3. The Hall–Kier alpha value is -0.801. The first-order valence-corrected chi connectivity index (χ1v) is 4.51. The molecule has 0 bridgehead atoms. The van der Waals surface area contributed by atoms with Gasteiger partial charge in [0, 0.05) is 58.6 Å². The zero-order valence-corrected chi connectivity index (χ0v) is 15.3. The molecule has 0 aromatic carbocycles. The van der Waals surface area contributed by atoms with Crippen LogP contribution in [-0.4, -0.2) is 11.1 Å². The molecule has 0 N–H and O–H groups in total. The van der Waals surface area contributed by atoms with Gasteiger partial charge in [-0.25, -0.2) is 13.1 Å². The predicted molar refractivity (Wildman–Crippen MR) is 74.8 cm³/mol. The summed E-state index contributed by atoms with van der Waals surface area (Å²) in [5, 5.41) is 0. The van der Waals surface area contributed by atoms with Gasteiger partial charge in [-0.05, 0) is 0 Å². The van der Waals surface area contributed by atoms with Crippen LogP contribution in [0.5, 0.6) is 0 Å². The van der Waals surface area contributed by atoms with Crippen LogP contribution in [0, 0.1) is 33.1 Å². The van der Waals surface area contributed by atoms with E-state index in [1.54, 1.807) is 0 Å². The van der Waals surface area contributed by atoms with E-state index in [9.17, 15) is 0 Å². The van der Waals surface area contributed by atoms with Crippen molar-refractivity contribution in [2.75, 3.05) is 0 Å². The molecule has 0 aliphatic rings. The van der Waals surface area contributed by atoms with Gasteiger partial charge in [0.25, 0.3) is 0 Å². The van der Waals surface area contributed by atoms with Crippen molar-refractivity contribution < 1.29 is 31.0 Å². The van der Waals surface area contributed by atoms with Gasteiger partial charge in [-0.1, -0.05) is 0 Å². The average molecular weight is 386 g/mol. The van der Waals surface area contributed by atoms with Crippen LogP contribution >= 0.6 is 17.0 Å². The summed E-state index contributed by atoms with van der Waals surface area (Å²) in [6, 6.07) is 0. The summed E-state index contributed by atoms with van der Waals surface area (Å²) in [4.78, 5) is 6.54. The standard InChI is InChI=1S/2C5H9N.3CO.BrH.Mn/c2*1-5(2,3)6-4;3*1-2;;/h2*1-3H3;;;;1H;. The van der Waals surface area contributed by atoms with Crippen molar-refractivity contribution in [3.8, 4) is 0 Å². The maximum Gasteiger partial charge on any atom is 0 e. The summed E-state index contributed by atoms with van der Waals surface area (Å²) in [5.41, 5.74) is -0.333. The zero-order chi connectivity index (χ0) is 16.4. The van der Waals surface area contributed by atoms with Gasteiger partial charge < -0.3 is 9.69 Å². The maximum absolute atomic E-state index is 7.50. The largest absolute Gasteiger partial charge is 0 e. The van der Waals surface area contributed by atoms with Gasteiger partial charge in [-0.2, -0.15) is 0 Å². The topological polar surface area (TPSA) is 68.4 Å². The summed E-state index contributed by atoms with van der Waals surface area (Å²) in [6.45, 7) is 37.8. The van der Waals surface area contributed by atoms with E-state index in [0.29, 0.717) is 0 Å². The molecular weight excluding hydrogens is 367 g/mol. The summed E-state index contributed by atoms with van der Waals surface area (Å²) in [6.07, 6.45) is 0. The first kappa shape index (κ1) is 42.7. The Morgan fingerprint density at radius 2 is 0.650 bits per heavy atom. The van der Waals surface area contributed by atoms with Crippen molar-refractivity contribution in [1.82, 2.24) is 0 Å². The SMILES string of the molecule is Br.[C-]#[N+]C(C)(C)C.[C-]#[N+]C(C)(C)C.[C-]#[O+].[C-]#[O+].[C-]#[O+].[Mn]. The minimum absolute atomic E-state index is 0. The second-order valence-electron chi connectivity index (χ2n) is 4.57. The molecule has 5 nitrogen and oxygen atoms in total. The second kappa shape index (κ2) is 30.9. The molecule has 0 saturated heterocycles. The Morgan fingerprint density at radius 3 is 0.650 bits per heavy atom. The number of nitrogens with zero attached hydrogens (tertiary/aromatic N) is 2. The average Bonchev–Trinajstić information content (AvgIpc) is 2.36. The molecule has 0 saturated carbocycles. The molecule has 0 aliphatic heterocycles. The third kappa shape index (κ3) is 167. The Bertz CT molecular complexity index is 274. The van der Waals surface area contributed by atoms with Crippen LogP contribution in [0.15, 0.2) is 0 Å². The second-order valence-corrected chi connectivity index (χ2v) is 4.57. The molecule has 0 rings (SSSR count). The molecule has 0 spiro atoms. The molecule has 0 aliphatic carbocycles. The van der Waals surface area contributed by atoms with E-state index in [2.05, 4.69) is 29.6 Å². The van der Waals surface area contributed by atoms with Crippen LogP contribution in [0.3, 0.4) is 0 Å². The number of hydrogen-bond donors (Lipinski definition) is 0. The van der Waals surface area contributed by atoms with Gasteiger partial charge in [0.05, 0.1) is 0 Å². The van der Waals surface area contributed by atoms with E-state index in [-0.39, 0.29) is 45.1 Å². The smallest absolute Gasteiger partial charge is 0 e. The summed E-state index contributed by atoms with van der Waals surface area (Å²) >= 11 is 0. The third-order valence-electron chi connectivity index (χ3n) is 0.671. The third-order valence-corrected chi connectivity index (χ3v) is 0.671. The molecule has 0 amide bonds. The van der Waals surface area contributed by atoms with Crippen LogP contribution in [0.4, 0.5) is 0 Å². The Morgan fingerprint density at radius 1 is 0.600 bits per heavy atom. The Kier molecular flexibility index (Phi) is 66.0. The Labute approximate surface area is 143 Å². The molecule has 0 heterocycles. The van der Waals surface area contributed by atoms with E-state index in [1.807, 2.05) is 41.5 Å². The van der Waals surface area contributed by atoms with Crippen LogP contribution in [0.2, 0.25) is 0 Å². The molecule has 0 fully saturated rings. The van der Waals surface area contributed by atoms with Crippen LogP contribution in [0.25, 0.3) is 9.69 Å². The van der Waals surface area contributed by atoms with Gasteiger partial charge >= 0.3 is 33.9 Å². The molecule has 1 radical (unpaired) electrons. The number of rotatable bonds is 0. The number of halogens is 1. The van der Waals surface area contributed by atoms with Crippen LogP contribution in [0.1, 0.15) is 41.5 Å². The predicted octanol–water partition coefficient (Wildman–Crippen LogP) is 3.87. The van der Waals surface area contributed by atoms with E-state index in [1.165, 1.54) is 0 Å². The fourth-order valence-corrected chi connectivity index (χ4v) is 0. The molecule has 113 valence electrons. The first-order chi connectivity index (χ1) is 8.12. The van der Waals surface area contributed by atoms with Gasteiger partial charge in [-0.15, -0.1) is 17.0 Å². The summed E-state index contributed by atoms with van der Waals surface area (Å²) < 4.78 is 22.5. The van der Waals surface area contributed by atoms with Gasteiger partial charge in [0.15, 0.2) is 0 Å². The molecule has 20 heavy (non-hydrogen) atoms. The van der Waals surface area contributed by atoms with Crippen molar-refractivity contribution in [1.29, 1.82) is 0 Å². The quantitative estimate of drug-likeness (QED) is 0.345. The fraction of sp³-hybridized carbons (Fsp3) is 0.615. The molecule has 7 heteroatoms. The normalized spacial score (nSPS) is 6.50. The minimum Gasteiger partial charge on any atom is 0 e. The molecule has 0 aromatic rings.